The van der Waals surface area contributed by atoms with Crippen LogP contribution in [-0.2, 0) is 0 Å². The van der Waals surface area contributed by atoms with Crippen molar-refractivity contribution in [3.63, 3.8) is 0 Å². The summed E-state index contributed by atoms with van der Waals surface area (Å²) in [6.07, 6.45) is 2.32. The Bertz CT molecular complexity index is 580. The SMILES string of the molecule is Fc1cccc(F)c1C1CC1c1cccnc1Cl. The first-order valence-corrected chi connectivity index (χ1v) is 6.10. The van der Waals surface area contributed by atoms with Gasteiger partial charge in [0.25, 0.3) is 0 Å². The van der Waals surface area contributed by atoms with Gasteiger partial charge in [-0.25, -0.2) is 13.8 Å². The zero-order valence-electron chi connectivity index (χ0n) is 9.41. The lowest BCUT2D eigenvalue weighted by Gasteiger charge is -2.05. The second-order valence-corrected chi connectivity index (χ2v) is 4.83. The highest BCUT2D eigenvalue weighted by Gasteiger charge is 2.43. The van der Waals surface area contributed by atoms with Gasteiger partial charge in [0.2, 0.25) is 0 Å². The Morgan fingerprint density at radius 1 is 1.06 bits per heavy atom. The van der Waals surface area contributed by atoms with Crippen LogP contribution < -0.4 is 0 Å². The molecule has 0 aliphatic heterocycles. The zero-order chi connectivity index (χ0) is 12.7. The summed E-state index contributed by atoms with van der Waals surface area (Å²) in [6, 6.07) is 7.60. The van der Waals surface area contributed by atoms with Crippen molar-refractivity contribution in [2.75, 3.05) is 0 Å². The molecule has 3 rings (SSSR count). The molecule has 0 spiro atoms. The lowest BCUT2D eigenvalue weighted by molar-refractivity contribution is 0.555. The highest BCUT2D eigenvalue weighted by molar-refractivity contribution is 6.30. The van der Waals surface area contributed by atoms with E-state index in [0.717, 1.165) is 5.56 Å². The van der Waals surface area contributed by atoms with Crippen LogP contribution in [0.1, 0.15) is 29.4 Å². The summed E-state index contributed by atoms with van der Waals surface area (Å²) in [7, 11) is 0. The van der Waals surface area contributed by atoms with Crippen LogP contribution >= 0.6 is 11.6 Å². The number of pyridine rings is 1. The molecule has 1 aliphatic carbocycles. The van der Waals surface area contributed by atoms with E-state index < -0.39 is 11.6 Å². The number of hydrogen-bond donors (Lipinski definition) is 0. The molecule has 1 heterocycles. The molecule has 0 bridgehead atoms. The Kier molecular flexibility index (Phi) is 2.78. The Morgan fingerprint density at radius 3 is 2.44 bits per heavy atom. The second kappa shape index (κ2) is 4.32. The zero-order valence-corrected chi connectivity index (χ0v) is 10.2. The molecule has 1 fully saturated rings. The molecule has 0 saturated heterocycles. The fourth-order valence-corrected chi connectivity index (χ4v) is 2.66. The quantitative estimate of drug-likeness (QED) is 0.739. The topological polar surface area (TPSA) is 12.9 Å². The summed E-state index contributed by atoms with van der Waals surface area (Å²) in [6.45, 7) is 0. The normalized spacial score (nSPS) is 21.9. The van der Waals surface area contributed by atoms with E-state index in [2.05, 4.69) is 4.98 Å². The van der Waals surface area contributed by atoms with Crippen molar-refractivity contribution in [3.05, 3.63) is 64.4 Å². The van der Waals surface area contributed by atoms with Crippen molar-refractivity contribution < 1.29 is 8.78 Å². The molecule has 0 radical (unpaired) electrons. The maximum Gasteiger partial charge on any atom is 0.132 e. The van der Waals surface area contributed by atoms with Gasteiger partial charge < -0.3 is 0 Å². The number of rotatable bonds is 2. The third-order valence-electron chi connectivity index (χ3n) is 3.35. The molecule has 2 aromatic rings. The molecule has 1 saturated carbocycles. The Balaban J connectivity index is 1.93. The number of aromatic nitrogens is 1. The van der Waals surface area contributed by atoms with Crippen molar-refractivity contribution in [2.45, 2.75) is 18.3 Å². The van der Waals surface area contributed by atoms with Gasteiger partial charge in [-0.3, -0.25) is 0 Å². The van der Waals surface area contributed by atoms with Gasteiger partial charge in [0.05, 0.1) is 0 Å². The fourth-order valence-electron chi connectivity index (χ4n) is 2.40. The standard InChI is InChI=1S/C14H10ClF2N/c15-14-8(3-2-6-18-14)9-7-10(9)13-11(16)4-1-5-12(13)17/h1-6,9-10H,7H2. The van der Waals surface area contributed by atoms with Gasteiger partial charge in [-0.05, 0) is 42.0 Å². The monoisotopic (exact) mass is 265 g/mol. The van der Waals surface area contributed by atoms with Crippen molar-refractivity contribution >= 4 is 11.6 Å². The molecule has 0 amide bonds. The Hall–Kier alpha value is -1.48. The third-order valence-corrected chi connectivity index (χ3v) is 3.66. The van der Waals surface area contributed by atoms with Crippen LogP contribution in [0.4, 0.5) is 8.78 Å². The largest absolute Gasteiger partial charge is 0.244 e. The predicted octanol–water partition coefficient (Wildman–Crippen LogP) is 4.28. The summed E-state index contributed by atoms with van der Waals surface area (Å²) in [5.41, 5.74) is 1.04. The molecule has 18 heavy (non-hydrogen) atoms. The summed E-state index contributed by atoms with van der Waals surface area (Å²) in [5, 5.41) is 0.418. The minimum atomic E-state index is -0.484. The molecule has 1 aliphatic rings. The molecule has 2 atom stereocenters. The first-order valence-electron chi connectivity index (χ1n) is 5.73. The number of nitrogens with zero attached hydrogens (tertiary/aromatic N) is 1. The molecule has 2 unspecified atom stereocenters. The van der Waals surface area contributed by atoms with Crippen LogP contribution in [-0.4, -0.2) is 4.98 Å². The molecular formula is C14H10ClF2N. The van der Waals surface area contributed by atoms with Gasteiger partial charge in [0.15, 0.2) is 0 Å². The van der Waals surface area contributed by atoms with Crippen LogP contribution in [0.15, 0.2) is 36.5 Å². The van der Waals surface area contributed by atoms with E-state index in [4.69, 9.17) is 11.6 Å². The van der Waals surface area contributed by atoms with Gasteiger partial charge in [-0.1, -0.05) is 23.7 Å². The van der Waals surface area contributed by atoms with E-state index in [1.807, 2.05) is 6.07 Å². The smallest absolute Gasteiger partial charge is 0.132 e. The number of benzene rings is 1. The first-order chi connectivity index (χ1) is 8.68. The fraction of sp³-hybridized carbons (Fsp3) is 0.214. The van der Waals surface area contributed by atoms with Gasteiger partial charge >= 0.3 is 0 Å². The maximum atomic E-state index is 13.6. The lowest BCUT2D eigenvalue weighted by atomic mass is 10.0. The molecule has 4 heteroatoms. The van der Waals surface area contributed by atoms with E-state index in [1.165, 1.54) is 18.2 Å². The lowest BCUT2D eigenvalue weighted by Crippen LogP contribution is -1.95. The predicted molar refractivity (Wildman–Crippen MR) is 65.7 cm³/mol. The van der Waals surface area contributed by atoms with Crippen LogP contribution in [0.3, 0.4) is 0 Å². The van der Waals surface area contributed by atoms with Gasteiger partial charge in [0, 0.05) is 11.8 Å². The van der Waals surface area contributed by atoms with E-state index in [9.17, 15) is 8.78 Å². The minimum absolute atomic E-state index is 0.0672. The summed E-state index contributed by atoms with van der Waals surface area (Å²) in [5.74, 6) is -1.03. The summed E-state index contributed by atoms with van der Waals surface area (Å²) >= 11 is 5.99. The first kappa shape index (κ1) is 11.6. The van der Waals surface area contributed by atoms with Crippen molar-refractivity contribution in [3.8, 4) is 0 Å². The Labute approximate surface area is 108 Å². The second-order valence-electron chi connectivity index (χ2n) is 4.47. The van der Waals surface area contributed by atoms with Crippen LogP contribution in [0.2, 0.25) is 5.15 Å². The minimum Gasteiger partial charge on any atom is -0.244 e. The van der Waals surface area contributed by atoms with Crippen LogP contribution in [0.25, 0.3) is 0 Å². The van der Waals surface area contributed by atoms with Gasteiger partial charge in [-0.15, -0.1) is 0 Å². The van der Waals surface area contributed by atoms with Crippen LogP contribution in [0.5, 0.6) is 0 Å². The molecular weight excluding hydrogens is 256 g/mol. The van der Waals surface area contributed by atoms with Crippen molar-refractivity contribution in [2.24, 2.45) is 0 Å². The molecule has 1 aromatic carbocycles. The average Bonchev–Trinajstić information content (AvgIpc) is 3.09. The average molecular weight is 266 g/mol. The number of hydrogen-bond acceptors (Lipinski definition) is 1. The van der Waals surface area contributed by atoms with Gasteiger partial charge in [-0.2, -0.15) is 0 Å². The van der Waals surface area contributed by atoms with E-state index in [-0.39, 0.29) is 17.4 Å². The van der Waals surface area contributed by atoms with Crippen LogP contribution in [0, 0.1) is 11.6 Å². The third kappa shape index (κ3) is 1.89. The Morgan fingerprint density at radius 2 is 1.78 bits per heavy atom. The molecule has 1 aromatic heterocycles. The maximum absolute atomic E-state index is 13.6. The summed E-state index contributed by atoms with van der Waals surface area (Å²) in [4.78, 5) is 3.99. The van der Waals surface area contributed by atoms with Crippen molar-refractivity contribution in [1.29, 1.82) is 0 Å². The molecule has 1 nitrogen and oxygen atoms in total. The highest BCUT2D eigenvalue weighted by Crippen LogP contribution is 2.56. The molecule has 0 N–H and O–H groups in total. The summed E-state index contributed by atoms with van der Waals surface area (Å²) < 4.78 is 27.3. The number of halogens is 3. The van der Waals surface area contributed by atoms with E-state index in [1.54, 1.807) is 12.3 Å². The highest BCUT2D eigenvalue weighted by atomic mass is 35.5. The van der Waals surface area contributed by atoms with E-state index in [0.29, 0.717) is 11.6 Å². The molecule has 92 valence electrons. The van der Waals surface area contributed by atoms with Crippen molar-refractivity contribution in [1.82, 2.24) is 4.98 Å². The van der Waals surface area contributed by atoms with Gasteiger partial charge in [0.1, 0.15) is 16.8 Å². The van der Waals surface area contributed by atoms with E-state index >= 15 is 0 Å².